The van der Waals surface area contributed by atoms with Crippen LogP contribution in [-0.2, 0) is 13.2 Å². The monoisotopic (exact) mass is 377 g/mol. The van der Waals surface area contributed by atoms with Gasteiger partial charge in [0.25, 0.3) is 0 Å². The lowest BCUT2D eigenvalue weighted by Gasteiger charge is -2.24. The molecular weight excluding hydrogens is 354 g/mol. The highest BCUT2D eigenvalue weighted by Crippen LogP contribution is 2.25. The zero-order valence-electron chi connectivity index (χ0n) is 13.9. The number of nitrogens with one attached hydrogen (secondary N) is 1. The number of aryl methyl sites for hydroxylation is 1. The van der Waals surface area contributed by atoms with Gasteiger partial charge < -0.3 is 15.2 Å². The lowest BCUT2D eigenvalue weighted by Crippen LogP contribution is -2.42. The van der Waals surface area contributed by atoms with Crippen LogP contribution in [0, 0.1) is 6.92 Å². The first-order chi connectivity index (χ1) is 10.9. The van der Waals surface area contributed by atoms with Crippen molar-refractivity contribution in [2.24, 2.45) is 0 Å². The average molecular weight is 378 g/mol. The van der Waals surface area contributed by atoms with E-state index in [0.717, 1.165) is 21.3 Å². The molecule has 0 spiro atoms. The SMILES string of the molecule is Cc1ccc(COc2ccc(Br)cc2CNC(C)(C)CO)cc1. The molecule has 0 saturated carbocycles. The van der Waals surface area contributed by atoms with E-state index < -0.39 is 0 Å². The number of hydrogen-bond acceptors (Lipinski definition) is 3. The highest BCUT2D eigenvalue weighted by atomic mass is 79.9. The van der Waals surface area contributed by atoms with Gasteiger partial charge in [-0.2, -0.15) is 0 Å². The molecule has 23 heavy (non-hydrogen) atoms. The maximum Gasteiger partial charge on any atom is 0.124 e. The normalized spacial score (nSPS) is 11.5. The first kappa shape index (κ1) is 18.0. The number of rotatable bonds is 7. The third-order valence-electron chi connectivity index (χ3n) is 3.69. The van der Waals surface area contributed by atoms with E-state index in [0.29, 0.717) is 13.2 Å². The summed E-state index contributed by atoms with van der Waals surface area (Å²) in [5.41, 5.74) is 3.13. The highest BCUT2D eigenvalue weighted by Gasteiger charge is 2.16. The van der Waals surface area contributed by atoms with E-state index in [9.17, 15) is 5.11 Å². The van der Waals surface area contributed by atoms with Crippen molar-refractivity contribution in [3.63, 3.8) is 0 Å². The van der Waals surface area contributed by atoms with Crippen molar-refractivity contribution in [2.45, 2.75) is 39.5 Å². The molecule has 4 heteroatoms. The quantitative estimate of drug-likeness (QED) is 0.759. The zero-order chi connectivity index (χ0) is 16.9. The minimum absolute atomic E-state index is 0.0839. The first-order valence-electron chi connectivity index (χ1n) is 7.72. The number of aliphatic hydroxyl groups is 1. The van der Waals surface area contributed by atoms with Crippen LogP contribution in [0.3, 0.4) is 0 Å². The van der Waals surface area contributed by atoms with Gasteiger partial charge in [-0.25, -0.2) is 0 Å². The van der Waals surface area contributed by atoms with Crippen molar-refractivity contribution in [1.29, 1.82) is 0 Å². The van der Waals surface area contributed by atoms with Crippen molar-refractivity contribution in [3.8, 4) is 5.75 Å². The topological polar surface area (TPSA) is 41.5 Å². The van der Waals surface area contributed by atoms with Crippen molar-refractivity contribution in [3.05, 3.63) is 63.6 Å². The van der Waals surface area contributed by atoms with Gasteiger partial charge in [0, 0.05) is 22.1 Å². The molecule has 0 aliphatic rings. The van der Waals surface area contributed by atoms with Crippen LogP contribution in [0.1, 0.15) is 30.5 Å². The molecular formula is C19H24BrNO2. The molecule has 124 valence electrons. The molecule has 0 aromatic heterocycles. The molecule has 2 N–H and O–H groups in total. The van der Waals surface area contributed by atoms with Crippen LogP contribution in [0.5, 0.6) is 5.75 Å². The van der Waals surface area contributed by atoms with E-state index in [1.165, 1.54) is 5.56 Å². The van der Waals surface area contributed by atoms with Crippen molar-refractivity contribution >= 4 is 15.9 Å². The summed E-state index contributed by atoms with van der Waals surface area (Å²) in [5.74, 6) is 0.856. The molecule has 0 fully saturated rings. The van der Waals surface area contributed by atoms with Gasteiger partial charge in [0.15, 0.2) is 0 Å². The number of aliphatic hydroxyl groups excluding tert-OH is 1. The minimum atomic E-state index is -0.323. The van der Waals surface area contributed by atoms with Crippen LogP contribution in [0.25, 0.3) is 0 Å². The van der Waals surface area contributed by atoms with Gasteiger partial charge >= 0.3 is 0 Å². The molecule has 0 saturated heterocycles. The van der Waals surface area contributed by atoms with Gasteiger partial charge in [0.05, 0.1) is 6.61 Å². The Morgan fingerprint density at radius 2 is 1.83 bits per heavy atom. The van der Waals surface area contributed by atoms with E-state index in [4.69, 9.17) is 4.74 Å². The number of ether oxygens (including phenoxy) is 1. The maximum absolute atomic E-state index is 9.37. The summed E-state index contributed by atoms with van der Waals surface area (Å²) >= 11 is 3.51. The van der Waals surface area contributed by atoms with Crippen LogP contribution in [-0.4, -0.2) is 17.3 Å². The number of hydrogen-bond donors (Lipinski definition) is 2. The molecule has 0 heterocycles. The summed E-state index contributed by atoms with van der Waals surface area (Å²) in [5, 5.41) is 12.7. The van der Waals surface area contributed by atoms with E-state index in [1.807, 2.05) is 32.0 Å². The van der Waals surface area contributed by atoms with Gasteiger partial charge in [0.2, 0.25) is 0 Å². The Morgan fingerprint density at radius 3 is 2.48 bits per heavy atom. The van der Waals surface area contributed by atoms with Crippen molar-refractivity contribution in [2.75, 3.05) is 6.61 Å². The second-order valence-corrected chi connectivity index (χ2v) is 7.34. The molecule has 2 rings (SSSR count). The minimum Gasteiger partial charge on any atom is -0.489 e. The van der Waals surface area contributed by atoms with Gasteiger partial charge in [0.1, 0.15) is 12.4 Å². The van der Waals surface area contributed by atoms with Gasteiger partial charge in [-0.3, -0.25) is 0 Å². The fraction of sp³-hybridized carbons (Fsp3) is 0.368. The summed E-state index contributed by atoms with van der Waals surface area (Å²) in [6.45, 7) is 7.27. The van der Waals surface area contributed by atoms with Gasteiger partial charge in [-0.1, -0.05) is 45.8 Å². The Kier molecular flexibility index (Phi) is 6.22. The Balaban J connectivity index is 2.07. The Hall–Kier alpha value is -1.36. The third kappa shape index (κ3) is 5.65. The maximum atomic E-state index is 9.37. The molecule has 0 atom stereocenters. The standard InChI is InChI=1S/C19H24BrNO2/c1-14-4-6-15(7-5-14)12-23-18-9-8-17(20)10-16(18)11-21-19(2,3)13-22/h4-10,21-22H,11-13H2,1-3H3. The summed E-state index contributed by atoms with van der Waals surface area (Å²) in [6, 6.07) is 14.3. The molecule has 0 amide bonds. The molecule has 0 unspecified atom stereocenters. The fourth-order valence-corrected chi connectivity index (χ4v) is 2.47. The van der Waals surface area contributed by atoms with Crippen molar-refractivity contribution < 1.29 is 9.84 Å². The summed E-state index contributed by atoms with van der Waals surface area (Å²) in [4.78, 5) is 0. The van der Waals surface area contributed by atoms with Crippen LogP contribution in [0.4, 0.5) is 0 Å². The van der Waals surface area contributed by atoms with Gasteiger partial charge in [-0.15, -0.1) is 0 Å². The van der Waals surface area contributed by atoms with Gasteiger partial charge in [-0.05, 0) is 44.5 Å². The average Bonchev–Trinajstić information content (AvgIpc) is 2.53. The molecule has 0 aliphatic carbocycles. The van der Waals surface area contributed by atoms with Crippen LogP contribution in [0.2, 0.25) is 0 Å². The third-order valence-corrected chi connectivity index (χ3v) is 4.18. The Morgan fingerprint density at radius 1 is 1.13 bits per heavy atom. The highest BCUT2D eigenvalue weighted by molar-refractivity contribution is 9.10. The first-order valence-corrected chi connectivity index (χ1v) is 8.51. The van der Waals surface area contributed by atoms with Crippen LogP contribution >= 0.6 is 15.9 Å². The fourth-order valence-electron chi connectivity index (χ4n) is 2.06. The zero-order valence-corrected chi connectivity index (χ0v) is 15.5. The van der Waals surface area contributed by atoms with Crippen LogP contribution in [0.15, 0.2) is 46.9 Å². The molecule has 0 radical (unpaired) electrons. The number of halogens is 1. The molecule has 0 bridgehead atoms. The predicted octanol–water partition coefficient (Wildman–Crippen LogP) is 4.20. The van der Waals surface area contributed by atoms with E-state index in [-0.39, 0.29) is 12.1 Å². The lowest BCUT2D eigenvalue weighted by atomic mass is 10.1. The summed E-state index contributed by atoms with van der Waals surface area (Å²) in [6.07, 6.45) is 0. The molecule has 2 aromatic rings. The smallest absolute Gasteiger partial charge is 0.124 e. The second-order valence-electron chi connectivity index (χ2n) is 6.42. The largest absolute Gasteiger partial charge is 0.489 e. The van der Waals surface area contributed by atoms with Crippen molar-refractivity contribution in [1.82, 2.24) is 5.32 Å². The summed E-state index contributed by atoms with van der Waals surface area (Å²) < 4.78 is 7.01. The molecule has 0 aliphatic heterocycles. The lowest BCUT2D eigenvalue weighted by molar-refractivity contribution is 0.186. The molecule has 3 nitrogen and oxygen atoms in total. The second kappa shape index (κ2) is 7.95. The predicted molar refractivity (Wildman–Crippen MR) is 97.7 cm³/mol. The van der Waals surface area contributed by atoms with E-state index in [2.05, 4.69) is 52.4 Å². The summed E-state index contributed by atoms with van der Waals surface area (Å²) in [7, 11) is 0. The van der Waals surface area contributed by atoms with E-state index >= 15 is 0 Å². The Bertz CT molecular complexity index is 638. The Labute approximate surface area is 146 Å². The van der Waals surface area contributed by atoms with E-state index in [1.54, 1.807) is 0 Å². The van der Waals surface area contributed by atoms with Crippen LogP contribution < -0.4 is 10.1 Å². The number of benzene rings is 2. The molecule has 2 aromatic carbocycles.